The third kappa shape index (κ3) is 3.73. The molecule has 0 saturated carbocycles. The van der Waals surface area contributed by atoms with Crippen LogP contribution in [0.3, 0.4) is 0 Å². The highest BCUT2D eigenvalue weighted by Gasteiger charge is 2.17. The lowest BCUT2D eigenvalue weighted by Crippen LogP contribution is -2.24. The van der Waals surface area contributed by atoms with Crippen molar-refractivity contribution in [2.45, 2.75) is 37.2 Å². The summed E-state index contributed by atoms with van der Waals surface area (Å²) in [6.07, 6.45) is 2.55. The highest BCUT2D eigenvalue weighted by atomic mass is 32.2. The maximum atomic E-state index is 12.0. The number of thioether (sulfide) groups is 1. The van der Waals surface area contributed by atoms with Gasteiger partial charge in [0.05, 0.1) is 6.54 Å². The van der Waals surface area contributed by atoms with E-state index in [1.54, 1.807) is 11.8 Å². The molecular formula is C17H20N4O3S. The summed E-state index contributed by atoms with van der Waals surface area (Å²) < 4.78 is 13.2. The highest BCUT2D eigenvalue weighted by molar-refractivity contribution is 7.99. The van der Waals surface area contributed by atoms with E-state index in [0.29, 0.717) is 31.9 Å². The number of nitrogens with zero attached hydrogens (tertiary/aromatic N) is 3. The number of nitrogens with one attached hydrogen (secondary N) is 1. The van der Waals surface area contributed by atoms with Gasteiger partial charge in [0.25, 0.3) is 0 Å². The number of rotatable bonds is 6. The van der Waals surface area contributed by atoms with Gasteiger partial charge in [-0.2, -0.15) is 0 Å². The molecule has 2 aromatic rings. The van der Waals surface area contributed by atoms with Crippen molar-refractivity contribution in [3.8, 4) is 11.5 Å². The predicted molar refractivity (Wildman–Crippen MR) is 93.0 cm³/mol. The molecule has 0 aliphatic carbocycles. The number of amides is 1. The topological polar surface area (TPSA) is 78.3 Å². The van der Waals surface area contributed by atoms with E-state index in [-0.39, 0.29) is 5.91 Å². The zero-order valence-electron chi connectivity index (χ0n) is 13.9. The Hall–Kier alpha value is -2.22. The Bertz CT molecular complexity index is 777. The molecule has 0 radical (unpaired) electrons. The SMILES string of the molecule is O=C(CCSc1ccc2c(c1)OCCO2)NCc1nnc2n1CCC2. The molecule has 0 atom stereocenters. The summed E-state index contributed by atoms with van der Waals surface area (Å²) in [7, 11) is 0. The fraction of sp³-hybridized carbons (Fsp3) is 0.471. The van der Waals surface area contributed by atoms with Gasteiger partial charge in [-0.3, -0.25) is 4.79 Å². The minimum atomic E-state index is 0.0281. The van der Waals surface area contributed by atoms with Crippen molar-refractivity contribution < 1.29 is 14.3 Å². The van der Waals surface area contributed by atoms with Gasteiger partial charge in [0.2, 0.25) is 5.91 Å². The summed E-state index contributed by atoms with van der Waals surface area (Å²) in [5.74, 6) is 4.18. The Morgan fingerprint density at radius 3 is 3.04 bits per heavy atom. The van der Waals surface area contributed by atoms with Gasteiger partial charge in [0.1, 0.15) is 19.0 Å². The fourth-order valence-corrected chi connectivity index (χ4v) is 3.86. The molecule has 1 amide bonds. The summed E-state index contributed by atoms with van der Waals surface area (Å²) in [6.45, 7) is 2.57. The lowest BCUT2D eigenvalue weighted by molar-refractivity contribution is -0.120. The molecule has 2 aliphatic rings. The molecular weight excluding hydrogens is 340 g/mol. The average Bonchev–Trinajstić information content (AvgIpc) is 3.24. The van der Waals surface area contributed by atoms with Gasteiger partial charge in [0, 0.05) is 30.0 Å². The summed E-state index contributed by atoms with van der Waals surface area (Å²) >= 11 is 1.64. The molecule has 2 aliphatic heterocycles. The molecule has 0 spiro atoms. The van der Waals surface area contributed by atoms with Crippen LogP contribution >= 0.6 is 11.8 Å². The first-order valence-corrected chi connectivity index (χ1v) is 9.48. The smallest absolute Gasteiger partial charge is 0.221 e. The molecule has 1 N–H and O–H groups in total. The third-order valence-electron chi connectivity index (χ3n) is 4.24. The second-order valence-corrected chi connectivity index (χ2v) is 7.14. The van der Waals surface area contributed by atoms with E-state index in [9.17, 15) is 4.79 Å². The summed E-state index contributed by atoms with van der Waals surface area (Å²) in [5.41, 5.74) is 0. The van der Waals surface area contributed by atoms with Gasteiger partial charge < -0.3 is 19.4 Å². The van der Waals surface area contributed by atoms with Crippen LogP contribution in [0.15, 0.2) is 23.1 Å². The first-order chi connectivity index (χ1) is 12.3. The van der Waals surface area contributed by atoms with Gasteiger partial charge in [-0.1, -0.05) is 0 Å². The van der Waals surface area contributed by atoms with E-state index in [4.69, 9.17) is 9.47 Å². The standard InChI is InChI=1S/C17H20N4O3S/c22-17(18-11-16-20-19-15-2-1-6-21(15)16)5-9-25-12-3-4-13-14(10-12)24-8-7-23-13/h3-4,10H,1-2,5-9,11H2,(H,18,22). The molecule has 3 heterocycles. The van der Waals surface area contributed by atoms with Gasteiger partial charge in [-0.25, -0.2) is 0 Å². The van der Waals surface area contributed by atoms with E-state index in [1.807, 2.05) is 18.2 Å². The van der Waals surface area contributed by atoms with E-state index in [2.05, 4.69) is 20.1 Å². The molecule has 1 aromatic carbocycles. The van der Waals surface area contributed by atoms with E-state index in [1.165, 1.54) is 0 Å². The first-order valence-electron chi connectivity index (χ1n) is 8.50. The van der Waals surface area contributed by atoms with Crippen molar-refractivity contribution in [1.82, 2.24) is 20.1 Å². The Kier molecular flexibility index (Phi) is 4.78. The van der Waals surface area contributed by atoms with Crippen LogP contribution in [0.2, 0.25) is 0 Å². The Morgan fingerprint density at radius 1 is 1.24 bits per heavy atom. The minimum absolute atomic E-state index is 0.0281. The molecule has 8 heteroatoms. The predicted octanol–water partition coefficient (Wildman–Crippen LogP) is 1.79. The molecule has 0 bridgehead atoms. The number of ether oxygens (including phenoxy) is 2. The monoisotopic (exact) mass is 360 g/mol. The number of hydrogen-bond donors (Lipinski definition) is 1. The Balaban J connectivity index is 1.22. The average molecular weight is 360 g/mol. The minimum Gasteiger partial charge on any atom is -0.486 e. The van der Waals surface area contributed by atoms with Gasteiger partial charge in [-0.15, -0.1) is 22.0 Å². The quantitative estimate of drug-likeness (QED) is 0.792. The van der Waals surface area contributed by atoms with Crippen LogP contribution in [0.5, 0.6) is 11.5 Å². The summed E-state index contributed by atoms with van der Waals surface area (Å²) in [5, 5.41) is 11.2. The lowest BCUT2D eigenvalue weighted by atomic mass is 10.3. The van der Waals surface area contributed by atoms with Crippen LogP contribution in [-0.4, -0.2) is 39.6 Å². The lowest BCUT2D eigenvalue weighted by Gasteiger charge is -2.18. The van der Waals surface area contributed by atoms with Crippen molar-refractivity contribution >= 4 is 17.7 Å². The number of fused-ring (bicyclic) bond motifs is 2. The number of aryl methyl sites for hydroxylation is 1. The van der Waals surface area contributed by atoms with Crippen molar-refractivity contribution in [1.29, 1.82) is 0 Å². The van der Waals surface area contributed by atoms with Crippen LogP contribution in [-0.2, 0) is 24.3 Å². The number of carbonyl (C=O) groups excluding carboxylic acids is 1. The molecule has 7 nitrogen and oxygen atoms in total. The summed E-state index contributed by atoms with van der Waals surface area (Å²) in [6, 6.07) is 5.88. The van der Waals surface area contributed by atoms with Gasteiger partial charge in [0.15, 0.2) is 17.3 Å². The van der Waals surface area contributed by atoms with Gasteiger partial charge >= 0.3 is 0 Å². The third-order valence-corrected chi connectivity index (χ3v) is 5.24. The van der Waals surface area contributed by atoms with Crippen LogP contribution in [0.25, 0.3) is 0 Å². The molecule has 1 aromatic heterocycles. The van der Waals surface area contributed by atoms with Crippen molar-refractivity contribution in [3.05, 3.63) is 29.8 Å². The van der Waals surface area contributed by atoms with Crippen molar-refractivity contribution in [3.63, 3.8) is 0 Å². The van der Waals surface area contributed by atoms with Crippen LogP contribution < -0.4 is 14.8 Å². The molecule has 4 rings (SSSR count). The second kappa shape index (κ2) is 7.35. The number of hydrogen-bond acceptors (Lipinski definition) is 6. The van der Waals surface area contributed by atoms with E-state index in [0.717, 1.165) is 47.4 Å². The largest absolute Gasteiger partial charge is 0.486 e. The van der Waals surface area contributed by atoms with Crippen LogP contribution in [0.1, 0.15) is 24.5 Å². The highest BCUT2D eigenvalue weighted by Crippen LogP contribution is 2.34. The van der Waals surface area contributed by atoms with E-state index < -0.39 is 0 Å². The van der Waals surface area contributed by atoms with Crippen LogP contribution in [0, 0.1) is 0 Å². The molecule has 0 saturated heterocycles. The normalized spacial score (nSPS) is 15.0. The second-order valence-electron chi connectivity index (χ2n) is 5.97. The van der Waals surface area contributed by atoms with Crippen molar-refractivity contribution in [2.24, 2.45) is 0 Å². The Morgan fingerprint density at radius 2 is 2.12 bits per heavy atom. The van der Waals surface area contributed by atoms with E-state index >= 15 is 0 Å². The zero-order chi connectivity index (χ0) is 17.1. The summed E-state index contributed by atoms with van der Waals surface area (Å²) in [4.78, 5) is 13.1. The maximum Gasteiger partial charge on any atom is 0.221 e. The molecule has 132 valence electrons. The van der Waals surface area contributed by atoms with Crippen molar-refractivity contribution in [2.75, 3.05) is 19.0 Å². The fourth-order valence-electron chi connectivity index (χ4n) is 2.98. The molecule has 0 fully saturated rings. The molecule has 0 unspecified atom stereocenters. The zero-order valence-corrected chi connectivity index (χ0v) is 14.7. The first kappa shape index (κ1) is 16.3. The maximum absolute atomic E-state index is 12.0. The number of benzene rings is 1. The number of aromatic nitrogens is 3. The number of carbonyl (C=O) groups is 1. The van der Waals surface area contributed by atoms with Gasteiger partial charge in [-0.05, 0) is 24.6 Å². The Labute approximate surface area is 150 Å². The van der Waals surface area contributed by atoms with Crippen LogP contribution in [0.4, 0.5) is 0 Å². The molecule has 25 heavy (non-hydrogen) atoms.